The smallest absolute Gasteiger partial charge is 0.279 e. The maximum atomic E-state index is 12.2. The zero-order chi connectivity index (χ0) is 13.8. The number of piperidine rings is 1. The molecule has 0 spiro atoms. The number of ether oxygens (including phenoxy) is 2. The van der Waals surface area contributed by atoms with Gasteiger partial charge in [0, 0.05) is 27.3 Å². The zero-order valence-electron chi connectivity index (χ0n) is 11.5. The Morgan fingerprint density at radius 2 is 1.94 bits per heavy atom. The average Bonchev–Trinajstić information content (AvgIpc) is 2.30. The summed E-state index contributed by atoms with van der Waals surface area (Å²) in [5, 5.41) is 0. The van der Waals surface area contributed by atoms with Crippen LogP contribution >= 0.6 is 0 Å². The quantitative estimate of drug-likeness (QED) is 0.722. The summed E-state index contributed by atoms with van der Waals surface area (Å²) in [5.41, 5.74) is 0. The van der Waals surface area contributed by atoms with Crippen molar-refractivity contribution in [1.82, 2.24) is 9.03 Å². The molecule has 1 heterocycles. The highest BCUT2D eigenvalue weighted by Crippen LogP contribution is 2.18. The van der Waals surface area contributed by atoms with Gasteiger partial charge in [0.15, 0.2) is 6.29 Å². The lowest BCUT2D eigenvalue weighted by Crippen LogP contribution is -2.51. The minimum absolute atomic E-state index is 0.409. The molecule has 0 aromatic heterocycles. The van der Waals surface area contributed by atoms with E-state index in [1.165, 1.54) is 18.5 Å². The zero-order valence-corrected chi connectivity index (χ0v) is 12.4. The third kappa shape index (κ3) is 4.17. The molecule has 2 unspecified atom stereocenters. The van der Waals surface area contributed by atoms with E-state index in [1.54, 1.807) is 6.92 Å². The first-order valence-electron chi connectivity index (χ1n) is 6.23. The minimum Gasteiger partial charge on any atom is -0.354 e. The predicted octanol–water partition coefficient (Wildman–Crippen LogP) is 0.560. The van der Waals surface area contributed by atoms with Crippen LogP contribution in [0.25, 0.3) is 0 Å². The van der Waals surface area contributed by atoms with Gasteiger partial charge in [0.1, 0.15) is 0 Å². The van der Waals surface area contributed by atoms with Gasteiger partial charge in [-0.1, -0.05) is 6.92 Å². The van der Waals surface area contributed by atoms with Crippen molar-refractivity contribution in [3.05, 3.63) is 0 Å². The predicted molar refractivity (Wildman–Crippen MR) is 69.3 cm³/mol. The summed E-state index contributed by atoms with van der Waals surface area (Å²) in [7, 11) is -0.481. The van der Waals surface area contributed by atoms with E-state index in [4.69, 9.17) is 9.47 Å². The molecule has 0 aliphatic carbocycles. The molecule has 0 amide bonds. The van der Waals surface area contributed by atoms with Crippen molar-refractivity contribution in [3.8, 4) is 0 Å². The van der Waals surface area contributed by atoms with Crippen molar-refractivity contribution < 1.29 is 17.9 Å². The summed E-state index contributed by atoms with van der Waals surface area (Å²) in [6.07, 6.45) is 1.41. The highest BCUT2D eigenvalue weighted by molar-refractivity contribution is 7.87. The van der Waals surface area contributed by atoms with Crippen LogP contribution in [0.5, 0.6) is 0 Å². The molecule has 6 nitrogen and oxygen atoms in total. The molecule has 0 aromatic carbocycles. The molecule has 18 heavy (non-hydrogen) atoms. The van der Waals surface area contributed by atoms with E-state index >= 15 is 0 Å². The monoisotopic (exact) mass is 280 g/mol. The van der Waals surface area contributed by atoms with E-state index in [-0.39, 0.29) is 0 Å². The lowest BCUT2D eigenvalue weighted by atomic mass is 10.0. The Bertz CT molecular complexity index is 343. The largest absolute Gasteiger partial charge is 0.354 e. The third-order valence-corrected chi connectivity index (χ3v) is 4.85. The van der Waals surface area contributed by atoms with Crippen molar-refractivity contribution in [3.63, 3.8) is 0 Å². The summed E-state index contributed by atoms with van der Waals surface area (Å²) < 4.78 is 38.6. The highest BCUT2D eigenvalue weighted by atomic mass is 32.2. The Morgan fingerprint density at radius 1 is 1.33 bits per heavy atom. The van der Waals surface area contributed by atoms with Crippen molar-refractivity contribution in [2.45, 2.75) is 39.0 Å². The SMILES string of the molecule is COC(OC)C(C)NS(=O)(=O)N1CCCC(C)C1. The standard InChI is InChI=1S/C11H24N2O4S/c1-9-6-5-7-13(8-9)18(14,15)12-10(2)11(16-3)17-4/h9-12H,5-8H2,1-4H3. The Hall–Kier alpha value is -0.210. The van der Waals surface area contributed by atoms with Crippen molar-refractivity contribution in [2.75, 3.05) is 27.3 Å². The van der Waals surface area contributed by atoms with Gasteiger partial charge in [0.05, 0.1) is 6.04 Å². The molecule has 0 saturated carbocycles. The average molecular weight is 280 g/mol. The topological polar surface area (TPSA) is 67.9 Å². The van der Waals surface area contributed by atoms with Gasteiger partial charge < -0.3 is 9.47 Å². The summed E-state index contributed by atoms with van der Waals surface area (Å²) >= 11 is 0. The van der Waals surface area contributed by atoms with E-state index in [0.29, 0.717) is 19.0 Å². The molecule has 0 bridgehead atoms. The number of nitrogens with one attached hydrogen (secondary N) is 1. The van der Waals surface area contributed by atoms with Crippen LogP contribution in [0.1, 0.15) is 26.7 Å². The maximum Gasteiger partial charge on any atom is 0.279 e. The van der Waals surface area contributed by atoms with E-state index in [9.17, 15) is 8.42 Å². The number of hydrogen-bond donors (Lipinski definition) is 1. The van der Waals surface area contributed by atoms with Crippen LogP contribution in [0.2, 0.25) is 0 Å². The number of rotatable bonds is 6. The lowest BCUT2D eigenvalue weighted by molar-refractivity contribution is -0.115. The first-order chi connectivity index (χ1) is 8.40. The molecule has 2 atom stereocenters. The van der Waals surface area contributed by atoms with Gasteiger partial charge in [0.25, 0.3) is 10.2 Å². The Labute approximate surface area is 110 Å². The van der Waals surface area contributed by atoms with E-state index < -0.39 is 22.5 Å². The van der Waals surface area contributed by atoms with Crippen LogP contribution in [0.3, 0.4) is 0 Å². The van der Waals surface area contributed by atoms with Crippen LogP contribution in [0.4, 0.5) is 0 Å². The molecule has 1 saturated heterocycles. The Kier molecular flexibility index (Phi) is 6.00. The fourth-order valence-electron chi connectivity index (χ4n) is 2.23. The second-order valence-corrected chi connectivity index (χ2v) is 6.56. The summed E-state index contributed by atoms with van der Waals surface area (Å²) in [4.78, 5) is 0. The van der Waals surface area contributed by atoms with Gasteiger partial charge in [-0.2, -0.15) is 17.4 Å². The number of hydrogen-bond acceptors (Lipinski definition) is 4. The summed E-state index contributed by atoms with van der Waals surface area (Å²) in [6.45, 7) is 4.95. The van der Waals surface area contributed by atoms with E-state index in [2.05, 4.69) is 11.6 Å². The van der Waals surface area contributed by atoms with Crippen LogP contribution in [0.15, 0.2) is 0 Å². The molecule has 0 radical (unpaired) electrons. The first kappa shape index (κ1) is 15.8. The molecule has 1 fully saturated rings. The molecule has 1 aliphatic heterocycles. The van der Waals surface area contributed by atoms with E-state index in [1.807, 2.05) is 0 Å². The van der Waals surface area contributed by atoms with E-state index in [0.717, 1.165) is 12.8 Å². The molecular formula is C11H24N2O4S. The van der Waals surface area contributed by atoms with Gasteiger partial charge in [0.2, 0.25) is 0 Å². The van der Waals surface area contributed by atoms with Crippen molar-refractivity contribution in [2.24, 2.45) is 5.92 Å². The minimum atomic E-state index is -3.46. The Morgan fingerprint density at radius 3 is 2.44 bits per heavy atom. The normalized spacial score (nSPS) is 24.4. The Balaban J connectivity index is 2.63. The second-order valence-electron chi connectivity index (χ2n) is 4.86. The van der Waals surface area contributed by atoms with Gasteiger partial charge in [-0.25, -0.2) is 0 Å². The maximum absolute atomic E-state index is 12.2. The van der Waals surface area contributed by atoms with Gasteiger partial charge >= 0.3 is 0 Å². The number of nitrogens with zero attached hydrogens (tertiary/aromatic N) is 1. The first-order valence-corrected chi connectivity index (χ1v) is 7.67. The molecule has 1 rings (SSSR count). The third-order valence-electron chi connectivity index (χ3n) is 3.17. The fourth-order valence-corrected chi connectivity index (χ4v) is 3.78. The van der Waals surface area contributed by atoms with Gasteiger partial charge in [-0.3, -0.25) is 0 Å². The van der Waals surface area contributed by atoms with Crippen LogP contribution in [-0.4, -0.2) is 52.4 Å². The fraction of sp³-hybridized carbons (Fsp3) is 1.00. The second kappa shape index (κ2) is 6.81. The van der Waals surface area contributed by atoms with Crippen LogP contribution in [0, 0.1) is 5.92 Å². The molecule has 108 valence electrons. The summed E-state index contributed by atoms with van der Waals surface area (Å²) in [5.74, 6) is 0.409. The summed E-state index contributed by atoms with van der Waals surface area (Å²) in [6, 6.07) is -0.428. The molecule has 7 heteroatoms. The molecule has 1 aliphatic rings. The molecular weight excluding hydrogens is 256 g/mol. The van der Waals surface area contributed by atoms with Gasteiger partial charge in [-0.15, -0.1) is 0 Å². The number of methoxy groups -OCH3 is 2. The van der Waals surface area contributed by atoms with Crippen LogP contribution < -0.4 is 4.72 Å². The van der Waals surface area contributed by atoms with Gasteiger partial charge in [-0.05, 0) is 25.7 Å². The van der Waals surface area contributed by atoms with Crippen molar-refractivity contribution in [1.29, 1.82) is 0 Å². The molecule has 1 N–H and O–H groups in total. The highest BCUT2D eigenvalue weighted by Gasteiger charge is 2.30. The lowest BCUT2D eigenvalue weighted by Gasteiger charge is -2.32. The van der Waals surface area contributed by atoms with Crippen LogP contribution in [-0.2, 0) is 19.7 Å². The molecule has 0 aromatic rings. The van der Waals surface area contributed by atoms with Crippen molar-refractivity contribution >= 4 is 10.2 Å².